The first-order valence-electron chi connectivity index (χ1n) is 10.4. The van der Waals surface area contributed by atoms with E-state index in [1.54, 1.807) is 0 Å². The molecule has 0 radical (unpaired) electrons. The molecule has 0 amide bonds. The van der Waals surface area contributed by atoms with Crippen LogP contribution >= 0.6 is 0 Å². The smallest absolute Gasteiger partial charge is 0.0774 e. The molecule has 0 N–H and O–H groups in total. The summed E-state index contributed by atoms with van der Waals surface area (Å²) in [5, 5.41) is 0. The highest BCUT2D eigenvalue weighted by Gasteiger charge is 1.95. The summed E-state index contributed by atoms with van der Waals surface area (Å²) < 4.78 is 0. The lowest BCUT2D eigenvalue weighted by Gasteiger charge is -2.02. The van der Waals surface area contributed by atoms with E-state index < -0.39 is 0 Å². The van der Waals surface area contributed by atoms with Crippen molar-refractivity contribution in [1.82, 2.24) is 0 Å². The van der Waals surface area contributed by atoms with Crippen molar-refractivity contribution >= 4 is 7.28 Å². The molecule has 0 aromatic rings. The third-order valence-electron chi connectivity index (χ3n) is 4.71. The minimum Gasteiger partial charge on any atom is -0.0774 e. The topological polar surface area (TPSA) is 0 Å². The second kappa shape index (κ2) is 20.1. The van der Waals surface area contributed by atoms with Crippen LogP contribution in [0.25, 0.3) is 0 Å². The summed E-state index contributed by atoms with van der Waals surface area (Å²) in [7, 11) is 1.49. The molecule has 0 rings (SSSR count). The normalized spacial score (nSPS) is 11.0. The lowest BCUT2D eigenvalue weighted by Crippen LogP contribution is -1.90. The average Bonchev–Trinajstić information content (AvgIpc) is 2.50. The van der Waals surface area contributed by atoms with Crippen LogP contribution < -0.4 is 0 Å². The van der Waals surface area contributed by atoms with E-state index in [2.05, 4.69) is 13.8 Å². The fourth-order valence-corrected chi connectivity index (χ4v) is 3.15. The number of hydrogen-bond donors (Lipinski definition) is 0. The van der Waals surface area contributed by atoms with Gasteiger partial charge in [-0.1, -0.05) is 129 Å². The van der Waals surface area contributed by atoms with Crippen LogP contribution in [0.4, 0.5) is 0 Å². The number of rotatable bonds is 18. The molecule has 0 heterocycles. The first-order valence-corrected chi connectivity index (χ1v) is 10.4. The van der Waals surface area contributed by atoms with Crippen molar-refractivity contribution in [2.45, 2.75) is 129 Å². The highest BCUT2D eigenvalue weighted by atomic mass is 14.0. The van der Waals surface area contributed by atoms with Gasteiger partial charge in [0, 0.05) is 0 Å². The zero-order valence-electron chi connectivity index (χ0n) is 15.4. The average molecular weight is 294 g/mol. The molecule has 0 nitrogen and oxygen atoms in total. The molecule has 0 aliphatic rings. The standard InChI is InChI=1S/C20H43B/c1-3-5-7-9-11-13-15-17-19-21-20-18-16-14-12-10-8-6-4-2/h21H,3-20H2,1-2H3. The Morgan fingerprint density at radius 2 is 0.667 bits per heavy atom. The van der Waals surface area contributed by atoms with E-state index in [1.807, 2.05) is 0 Å². The summed E-state index contributed by atoms with van der Waals surface area (Å²) >= 11 is 0. The molecule has 126 valence electrons. The Kier molecular flexibility index (Phi) is 20.1. The Bertz CT molecular complexity index is 149. The van der Waals surface area contributed by atoms with Gasteiger partial charge in [0.15, 0.2) is 0 Å². The Balaban J connectivity index is 2.90. The highest BCUT2D eigenvalue weighted by molar-refractivity contribution is 6.35. The van der Waals surface area contributed by atoms with Gasteiger partial charge in [0.05, 0.1) is 0 Å². The van der Waals surface area contributed by atoms with Crippen molar-refractivity contribution in [2.24, 2.45) is 0 Å². The minimum absolute atomic E-state index is 1.37. The highest BCUT2D eigenvalue weighted by Crippen LogP contribution is 2.12. The largest absolute Gasteiger partial charge is 0.120 e. The zero-order valence-corrected chi connectivity index (χ0v) is 15.4. The van der Waals surface area contributed by atoms with Gasteiger partial charge in [-0.3, -0.25) is 0 Å². The molecule has 0 saturated heterocycles. The first kappa shape index (κ1) is 21.1. The quantitative estimate of drug-likeness (QED) is 0.181. The van der Waals surface area contributed by atoms with E-state index in [9.17, 15) is 0 Å². The van der Waals surface area contributed by atoms with Gasteiger partial charge in [0.2, 0.25) is 0 Å². The van der Waals surface area contributed by atoms with E-state index in [0.29, 0.717) is 0 Å². The Morgan fingerprint density at radius 3 is 1.00 bits per heavy atom. The first-order chi connectivity index (χ1) is 10.4. The molecule has 0 saturated carbocycles. The van der Waals surface area contributed by atoms with Crippen molar-refractivity contribution in [2.75, 3.05) is 0 Å². The number of hydrogen-bond acceptors (Lipinski definition) is 0. The third kappa shape index (κ3) is 20.1. The summed E-state index contributed by atoms with van der Waals surface area (Å²) in [5.41, 5.74) is 0. The third-order valence-corrected chi connectivity index (χ3v) is 4.71. The molecule has 0 aromatic heterocycles. The van der Waals surface area contributed by atoms with Crippen LogP contribution in [0.3, 0.4) is 0 Å². The summed E-state index contributed by atoms with van der Waals surface area (Å²) in [6.07, 6.45) is 26.4. The van der Waals surface area contributed by atoms with Gasteiger partial charge in [-0.15, -0.1) is 0 Å². The maximum Gasteiger partial charge on any atom is 0.120 e. The van der Waals surface area contributed by atoms with Crippen molar-refractivity contribution in [3.63, 3.8) is 0 Å². The summed E-state index contributed by atoms with van der Waals surface area (Å²) in [6, 6.07) is 0. The maximum atomic E-state index is 2.30. The summed E-state index contributed by atoms with van der Waals surface area (Å²) in [5.74, 6) is 0. The monoisotopic (exact) mass is 294 g/mol. The lowest BCUT2D eigenvalue weighted by atomic mass is 9.68. The summed E-state index contributed by atoms with van der Waals surface area (Å²) in [4.78, 5) is 0. The molecule has 0 bridgehead atoms. The van der Waals surface area contributed by atoms with Gasteiger partial charge < -0.3 is 0 Å². The van der Waals surface area contributed by atoms with Crippen LogP contribution in [0.15, 0.2) is 0 Å². The Hall–Kier alpha value is 0.0649. The second-order valence-corrected chi connectivity index (χ2v) is 7.01. The van der Waals surface area contributed by atoms with E-state index in [4.69, 9.17) is 0 Å². The predicted molar refractivity (Wildman–Crippen MR) is 102 cm³/mol. The van der Waals surface area contributed by atoms with Crippen LogP contribution in [-0.4, -0.2) is 7.28 Å². The lowest BCUT2D eigenvalue weighted by molar-refractivity contribution is 0.582. The molecular weight excluding hydrogens is 251 g/mol. The zero-order chi connectivity index (χ0) is 15.4. The predicted octanol–water partition coefficient (Wildman–Crippen LogP) is 7.54. The summed E-state index contributed by atoms with van der Waals surface area (Å²) in [6.45, 7) is 4.60. The molecular formula is C20H43B. The van der Waals surface area contributed by atoms with Gasteiger partial charge in [-0.2, -0.15) is 0 Å². The van der Waals surface area contributed by atoms with Crippen molar-refractivity contribution < 1.29 is 0 Å². The van der Waals surface area contributed by atoms with E-state index >= 15 is 0 Å². The Labute approximate surface area is 137 Å². The molecule has 21 heavy (non-hydrogen) atoms. The Morgan fingerprint density at radius 1 is 0.381 bits per heavy atom. The molecule has 0 atom stereocenters. The van der Waals surface area contributed by atoms with Gasteiger partial charge in [-0.25, -0.2) is 0 Å². The molecule has 0 spiro atoms. The van der Waals surface area contributed by atoms with Crippen LogP contribution in [0.5, 0.6) is 0 Å². The molecule has 0 aliphatic carbocycles. The van der Waals surface area contributed by atoms with Gasteiger partial charge in [0.1, 0.15) is 7.28 Å². The molecule has 0 unspecified atom stereocenters. The molecule has 1 heteroatoms. The van der Waals surface area contributed by atoms with Gasteiger partial charge in [-0.05, 0) is 0 Å². The van der Waals surface area contributed by atoms with Gasteiger partial charge >= 0.3 is 0 Å². The minimum atomic E-state index is 1.37. The molecule has 0 aliphatic heterocycles. The van der Waals surface area contributed by atoms with Crippen LogP contribution in [0.1, 0.15) is 117 Å². The van der Waals surface area contributed by atoms with E-state index in [1.165, 1.54) is 123 Å². The van der Waals surface area contributed by atoms with Crippen molar-refractivity contribution in [3.05, 3.63) is 0 Å². The number of unbranched alkanes of at least 4 members (excludes halogenated alkanes) is 14. The molecule has 0 fully saturated rings. The van der Waals surface area contributed by atoms with E-state index in [0.717, 1.165) is 0 Å². The van der Waals surface area contributed by atoms with Crippen LogP contribution in [0, 0.1) is 0 Å². The second-order valence-electron chi connectivity index (χ2n) is 7.01. The maximum absolute atomic E-state index is 2.30. The van der Waals surface area contributed by atoms with Gasteiger partial charge in [0.25, 0.3) is 0 Å². The van der Waals surface area contributed by atoms with Crippen molar-refractivity contribution in [3.8, 4) is 0 Å². The van der Waals surface area contributed by atoms with E-state index in [-0.39, 0.29) is 0 Å². The fourth-order valence-electron chi connectivity index (χ4n) is 3.15. The van der Waals surface area contributed by atoms with Crippen LogP contribution in [-0.2, 0) is 0 Å². The van der Waals surface area contributed by atoms with Crippen LogP contribution in [0.2, 0.25) is 12.6 Å². The molecule has 0 aromatic carbocycles. The fraction of sp³-hybridized carbons (Fsp3) is 1.00. The SMILES string of the molecule is CCCCCCCCCCBCCCCCCCCCC. The van der Waals surface area contributed by atoms with Crippen molar-refractivity contribution in [1.29, 1.82) is 0 Å².